The van der Waals surface area contributed by atoms with Crippen LogP contribution >= 0.6 is 0 Å². The molecule has 0 saturated carbocycles. The van der Waals surface area contributed by atoms with Crippen LogP contribution in [0.3, 0.4) is 0 Å². The van der Waals surface area contributed by atoms with Gasteiger partial charge in [0.15, 0.2) is 0 Å². The summed E-state index contributed by atoms with van der Waals surface area (Å²) in [6.07, 6.45) is 14.6. The largest absolute Gasteiger partial charge is 0.453 e. The van der Waals surface area contributed by atoms with Gasteiger partial charge in [-0.05, 0) is 61.4 Å². The maximum atomic E-state index is 13.0. The highest BCUT2D eigenvalue weighted by molar-refractivity contribution is 5.86. The minimum absolute atomic E-state index is 0.0164. The fourth-order valence-corrected chi connectivity index (χ4v) is 6.92. The van der Waals surface area contributed by atoms with Crippen molar-refractivity contribution in [1.82, 2.24) is 40.4 Å². The molecule has 0 bridgehead atoms. The second-order valence-corrected chi connectivity index (χ2v) is 13.2. The summed E-state index contributed by atoms with van der Waals surface area (Å²) < 4.78 is 4.64. The highest BCUT2D eigenvalue weighted by atomic mass is 16.5. The van der Waals surface area contributed by atoms with Crippen LogP contribution in [0.1, 0.15) is 63.3 Å². The van der Waals surface area contributed by atoms with Crippen molar-refractivity contribution in [2.75, 3.05) is 33.3 Å². The highest BCUT2D eigenvalue weighted by Gasteiger charge is 2.35. The number of methoxy groups -OCH3 is 1. The van der Waals surface area contributed by atoms with Crippen LogP contribution in [0.15, 0.2) is 97.3 Å². The maximum Gasteiger partial charge on any atom is 0.407 e. The Labute approximate surface area is 323 Å². The number of nitrogens with one attached hydrogen (secondary N) is 4. The Kier molecular flexibility index (Phi) is 14.4. The van der Waals surface area contributed by atoms with Crippen LogP contribution < -0.4 is 10.6 Å². The molecule has 2 aliphatic rings. The first kappa shape index (κ1) is 40.0. The molecule has 0 spiro atoms. The highest BCUT2D eigenvalue weighted by Crippen LogP contribution is 2.34. The van der Waals surface area contributed by atoms with Crippen molar-refractivity contribution in [3.8, 4) is 46.5 Å². The lowest BCUT2D eigenvalue weighted by molar-refractivity contribution is -0.134. The van der Waals surface area contributed by atoms with Gasteiger partial charge in [-0.25, -0.2) is 14.8 Å². The SMILES string of the molecule is C#C.CCNCC(=O)N1CCC[C@H]1c1ncc(-c2ccc(-c3ccc(-c4cnc([C@@H]5CCCN5C(=O)[C@H](C)NC(=O)OC)[nH]4)cc3)cc2)[nH]1.c1ccccc1. The number of likely N-dealkylation sites (N-methyl/N-ethyl adjacent to an activating group) is 1. The number of alkyl carbamates (subject to hydrolysis) is 1. The topological polar surface area (TPSA) is 148 Å². The van der Waals surface area contributed by atoms with E-state index in [0.29, 0.717) is 13.1 Å². The predicted molar refractivity (Wildman–Crippen MR) is 214 cm³/mol. The predicted octanol–water partition coefficient (Wildman–Crippen LogP) is 6.75. The summed E-state index contributed by atoms with van der Waals surface area (Å²) in [5.41, 5.74) is 6.02. The number of rotatable bonds is 10. The molecule has 4 heterocycles. The molecule has 286 valence electrons. The summed E-state index contributed by atoms with van der Waals surface area (Å²) in [4.78, 5) is 57.2. The number of ether oxygens (including phenoxy) is 1. The van der Waals surface area contributed by atoms with E-state index in [4.69, 9.17) is 0 Å². The molecule has 3 atom stereocenters. The Morgan fingerprint density at radius 1 is 0.764 bits per heavy atom. The third-order valence-corrected chi connectivity index (χ3v) is 9.74. The lowest BCUT2D eigenvalue weighted by Gasteiger charge is -2.26. The van der Waals surface area contributed by atoms with Crippen molar-refractivity contribution in [2.45, 2.75) is 57.7 Å². The monoisotopic (exact) mass is 742 g/mol. The Morgan fingerprint density at radius 2 is 1.20 bits per heavy atom. The van der Waals surface area contributed by atoms with Crippen molar-refractivity contribution in [2.24, 2.45) is 0 Å². The summed E-state index contributed by atoms with van der Waals surface area (Å²) in [5.74, 6) is 1.52. The summed E-state index contributed by atoms with van der Waals surface area (Å²) in [5, 5.41) is 5.69. The van der Waals surface area contributed by atoms with Gasteiger partial charge in [0.2, 0.25) is 11.8 Å². The Bertz CT molecular complexity index is 1960. The standard InChI is InChI=1S/C35H42N8O4.C6H6.C2H2/c1-4-36-21-31(44)42-17-5-7-29(42)32-37-19-27(40-32)25-13-9-23(10-14-25)24-11-15-26(16-12-24)28-20-38-33(41-28)30-8-6-18-43(30)34(45)22(2)39-35(46)47-3;1-2-4-6-5-3-1;1-2/h9-16,19-20,22,29-30,36H,4-8,17-18,21H2,1-3H3,(H,37,40)(H,38,41)(H,39,46);1-6H;1-2H/t22-,29-,30-;;/m0../s1. The van der Waals surface area contributed by atoms with Gasteiger partial charge >= 0.3 is 6.09 Å². The molecule has 5 aromatic rings. The molecule has 3 amide bonds. The number of aromatic amines is 2. The van der Waals surface area contributed by atoms with Crippen LogP contribution in [0.2, 0.25) is 0 Å². The molecule has 2 saturated heterocycles. The maximum absolute atomic E-state index is 13.0. The van der Waals surface area contributed by atoms with Crippen LogP contribution in [-0.2, 0) is 14.3 Å². The van der Waals surface area contributed by atoms with E-state index in [1.165, 1.54) is 7.11 Å². The number of terminal acetylenes is 1. The fraction of sp³-hybridized carbons (Fsp3) is 0.326. The number of nitrogens with zero attached hydrogens (tertiary/aromatic N) is 4. The number of benzene rings is 3. The summed E-state index contributed by atoms with van der Waals surface area (Å²) in [6, 6.07) is 27.8. The molecule has 2 aliphatic heterocycles. The van der Waals surface area contributed by atoms with Crippen LogP contribution in [-0.4, -0.2) is 87.0 Å². The van der Waals surface area contributed by atoms with E-state index in [1.54, 1.807) is 18.0 Å². The third-order valence-electron chi connectivity index (χ3n) is 9.74. The molecule has 2 fully saturated rings. The summed E-state index contributed by atoms with van der Waals surface area (Å²) in [7, 11) is 1.28. The normalized spacial score (nSPS) is 16.6. The van der Waals surface area contributed by atoms with E-state index in [9.17, 15) is 14.4 Å². The summed E-state index contributed by atoms with van der Waals surface area (Å²) >= 11 is 0. The van der Waals surface area contributed by atoms with Crippen molar-refractivity contribution in [3.63, 3.8) is 0 Å². The number of carbonyl (C=O) groups excluding carboxylic acids is 3. The molecule has 4 N–H and O–H groups in total. The smallest absolute Gasteiger partial charge is 0.407 e. The molecule has 0 radical (unpaired) electrons. The number of likely N-dealkylation sites (tertiary alicyclic amines) is 2. The molecule has 3 aromatic carbocycles. The van der Waals surface area contributed by atoms with Gasteiger partial charge < -0.3 is 35.1 Å². The number of amides is 3. The minimum atomic E-state index is -0.691. The van der Waals surface area contributed by atoms with Gasteiger partial charge in [0.05, 0.1) is 49.5 Å². The van der Waals surface area contributed by atoms with E-state index in [-0.39, 0.29) is 23.9 Å². The third kappa shape index (κ3) is 10.1. The molecule has 12 nitrogen and oxygen atoms in total. The van der Waals surface area contributed by atoms with E-state index in [1.807, 2.05) is 54.4 Å². The fourth-order valence-electron chi connectivity index (χ4n) is 6.92. The Morgan fingerprint density at radius 3 is 1.65 bits per heavy atom. The number of hydrogen-bond donors (Lipinski definition) is 4. The zero-order valence-electron chi connectivity index (χ0n) is 31.7. The quantitative estimate of drug-likeness (QED) is 0.116. The van der Waals surface area contributed by atoms with Crippen molar-refractivity contribution in [1.29, 1.82) is 0 Å². The minimum Gasteiger partial charge on any atom is -0.453 e. The van der Waals surface area contributed by atoms with E-state index < -0.39 is 12.1 Å². The van der Waals surface area contributed by atoms with Crippen LogP contribution in [0, 0.1) is 12.8 Å². The average molecular weight is 743 g/mol. The first-order valence-electron chi connectivity index (χ1n) is 18.7. The zero-order chi connectivity index (χ0) is 39.2. The molecule has 2 aromatic heterocycles. The zero-order valence-corrected chi connectivity index (χ0v) is 31.7. The molecular weight excluding hydrogens is 693 g/mol. The van der Waals surface area contributed by atoms with Gasteiger partial charge in [0.25, 0.3) is 0 Å². The lowest BCUT2D eigenvalue weighted by atomic mass is 10.0. The second kappa shape index (κ2) is 19.8. The van der Waals surface area contributed by atoms with E-state index >= 15 is 0 Å². The van der Waals surface area contributed by atoms with Crippen molar-refractivity contribution < 1.29 is 19.1 Å². The second-order valence-electron chi connectivity index (χ2n) is 13.2. The Balaban J connectivity index is 0.000000653. The van der Waals surface area contributed by atoms with Crippen LogP contribution in [0.5, 0.6) is 0 Å². The number of aromatic nitrogens is 4. The van der Waals surface area contributed by atoms with Gasteiger partial charge in [-0.2, -0.15) is 0 Å². The van der Waals surface area contributed by atoms with Gasteiger partial charge in [-0.15, -0.1) is 12.8 Å². The number of carbonyl (C=O) groups is 3. The molecule has 7 rings (SSSR count). The first-order valence-corrected chi connectivity index (χ1v) is 18.7. The number of imidazole rings is 2. The molecule has 0 aliphatic carbocycles. The van der Waals surface area contributed by atoms with E-state index in [2.05, 4.69) is 96.7 Å². The van der Waals surface area contributed by atoms with Gasteiger partial charge in [0.1, 0.15) is 17.7 Å². The van der Waals surface area contributed by atoms with Gasteiger partial charge in [0, 0.05) is 13.1 Å². The Hall–Kier alpha value is -6.19. The molecular formula is C43H50N8O4. The first-order chi connectivity index (χ1) is 26.9. The van der Waals surface area contributed by atoms with Gasteiger partial charge in [-0.1, -0.05) is 91.9 Å². The van der Waals surface area contributed by atoms with Crippen LogP contribution in [0.4, 0.5) is 4.79 Å². The van der Waals surface area contributed by atoms with E-state index in [0.717, 1.165) is 84.1 Å². The van der Waals surface area contributed by atoms with Crippen molar-refractivity contribution in [3.05, 3.63) is 109 Å². The van der Waals surface area contributed by atoms with Crippen LogP contribution in [0.25, 0.3) is 33.6 Å². The number of hydrogen-bond acceptors (Lipinski definition) is 7. The molecule has 0 unspecified atom stereocenters. The van der Waals surface area contributed by atoms with Crippen molar-refractivity contribution >= 4 is 17.9 Å². The summed E-state index contributed by atoms with van der Waals surface area (Å²) in [6.45, 7) is 6.15. The molecule has 12 heteroatoms. The molecule has 55 heavy (non-hydrogen) atoms. The average Bonchev–Trinajstić information content (AvgIpc) is 4.08. The lowest BCUT2D eigenvalue weighted by Crippen LogP contribution is -2.46. The van der Waals surface area contributed by atoms with Gasteiger partial charge in [-0.3, -0.25) is 9.59 Å². The number of H-pyrrole nitrogens is 2.